The van der Waals surface area contributed by atoms with Crippen LogP contribution in [0.25, 0.3) is 10.8 Å². The zero-order valence-electron chi connectivity index (χ0n) is 17.9. The topological polar surface area (TPSA) is 113 Å². The Bertz CT molecular complexity index is 1490. The number of fused-ring (bicyclic) bond motifs is 1. The van der Waals surface area contributed by atoms with E-state index in [1.54, 1.807) is 31.4 Å². The zero-order chi connectivity index (χ0) is 23.4. The summed E-state index contributed by atoms with van der Waals surface area (Å²) in [6.07, 6.45) is 0. The predicted octanol–water partition coefficient (Wildman–Crippen LogP) is 6.59. The predicted molar refractivity (Wildman–Crippen MR) is 133 cm³/mol. The molecule has 4 aromatic carbocycles. The molecule has 0 aliphatic heterocycles. The normalized spacial score (nSPS) is 11.7. The molecule has 0 saturated carbocycles. The van der Waals surface area contributed by atoms with E-state index >= 15 is 0 Å². The van der Waals surface area contributed by atoms with E-state index in [1.165, 1.54) is 12.1 Å². The van der Waals surface area contributed by atoms with Crippen molar-refractivity contribution < 1.29 is 17.7 Å². The van der Waals surface area contributed by atoms with E-state index in [-0.39, 0.29) is 34.5 Å². The molecule has 4 aromatic rings. The Kier molecular flexibility index (Phi) is 8.29. The van der Waals surface area contributed by atoms with Crippen molar-refractivity contribution in [3.8, 4) is 5.75 Å². The fourth-order valence-electron chi connectivity index (χ4n) is 3.22. The molecule has 8 nitrogen and oxygen atoms in total. The van der Waals surface area contributed by atoms with Gasteiger partial charge in [-0.2, -0.15) is 13.5 Å². The first-order valence-electron chi connectivity index (χ1n) is 9.92. The number of rotatable bonds is 6. The van der Waals surface area contributed by atoms with Gasteiger partial charge >= 0.3 is 29.6 Å². The van der Waals surface area contributed by atoms with Gasteiger partial charge < -0.3 is 4.74 Å². The second-order valence-corrected chi connectivity index (χ2v) is 8.62. The van der Waals surface area contributed by atoms with Gasteiger partial charge in [0.25, 0.3) is 10.1 Å². The van der Waals surface area contributed by atoms with Gasteiger partial charge in [0.15, 0.2) is 0 Å². The molecule has 1 N–H and O–H groups in total. The summed E-state index contributed by atoms with van der Waals surface area (Å²) in [5.74, 6) is 0.556. The zero-order valence-corrected chi connectivity index (χ0v) is 18.7. The van der Waals surface area contributed by atoms with E-state index in [0.29, 0.717) is 39.3 Å². The van der Waals surface area contributed by atoms with Crippen LogP contribution in [0.3, 0.4) is 0 Å². The summed E-state index contributed by atoms with van der Waals surface area (Å²) >= 11 is 0. The van der Waals surface area contributed by atoms with E-state index in [4.69, 9.17) is 4.74 Å². The molecule has 0 heterocycles. The first-order chi connectivity index (χ1) is 15.8. The van der Waals surface area contributed by atoms with Gasteiger partial charge in [0.05, 0.1) is 29.1 Å². The van der Waals surface area contributed by atoms with Gasteiger partial charge in [-0.15, -0.1) is 15.3 Å². The molecule has 0 unspecified atom stereocenters. The monoisotopic (exact) mass is 484 g/mol. The second-order valence-electron chi connectivity index (χ2n) is 7.20. The Hall–Kier alpha value is -2.95. The van der Waals surface area contributed by atoms with E-state index in [2.05, 4.69) is 20.5 Å². The summed E-state index contributed by atoms with van der Waals surface area (Å²) < 4.78 is 38.3. The van der Waals surface area contributed by atoms with Crippen LogP contribution in [0, 0.1) is 6.92 Å². The molecule has 168 valence electrons. The standard InChI is InChI=1S/C24H20N4O4S.Na.H/c1-16-8-13-24(32-2)23(14-16)28-27-22-12-11-21(26-25-17-6-4-3-5-7-17)19-10-9-18(15-20(19)22)33(29,30)31;;/h3-15H,1-2H3,(H,29,30,31);;. The summed E-state index contributed by atoms with van der Waals surface area (Å²) in [6, 6.07) is 22.4. The Balaban J connectivity index is 0.00000324. The number of hydrogen-bond acceptors (Lipinski definition) is 7. The second kappa shape index (κ2) is 11.0. The molecular weight excluding hydrogens is 463 g/mol. The van der Waals surface area contributed by atoms with Crippen molar-refractivity contribution in [2.24, 2.45) is 20.5 Å². The van der Waals surface area contributed by atoms with Crippen molar-refractivity contribution in [1.82, 2.24) is 0 Å². The van der Waals surface area contributed by atoms with Crippen LogP contribution in [-0.2, 0) is 10.1 Å². The molecule has 34 heavy (non-hydrogen) atoms. The van der Waals surface area contributed by atoms with Gasteiger partial charge in [-0.05, 0) is 61.0 Å². The average molecular weight is 485 g/mol. The molecular formula is C24H21N4NaO4S. The van der Waals surface area contributed by atoms with Crippen LogP contribution in [0.15, 0.2) is 104 Å². The van der Waals surface area contributed by atoms with E-state index in [1.807, 2.05) is 49.4 Å². The summed E-state index contributed by atoms with van der Waals surface area (Å²) in [4.78, 5) is -0.253. The number of hydrogen-bond donors (Lipinski definition) is 1. The Morgan fingerprint density at radius 1 is 0.735 bits per heavy atom. The van der Waals surface area contributed by atoms with Crippen molar-refractivity contribution in [2.75, 3.05) is 7.11 Å². The van der Waals surface area contributed by atoms with E-state index < -0.39 is 10.1 Å². The van der Waals surface area contributed by atoms with Gasteiger partial charge in [-0.3, -0.25) is 4.55 Å². The fraction of sp³-hybridized carbons (Fsp3) is 0.0833. The van der Waals surface area contributed by atoms with Crippen LogP contribution in [0.4, 0.5) is 22.7 Å². The molecule has 0 fully saturated rings. The molecule has 0 saturated heterocycles. The third kappa shape index (κ3) is 5.94. The van der Waals surface area contributed by atoms with E-state index in [9.17, 15) is 13.0 Å². The van der Waals surface area contributed by atoms with Gasteiger partial charge in [0.1, 0.15) is 11.4 Å². The minimum absolute atomic E-state index is 0. The van der Waals surface area contributed by atoms with Crippen LogP contribution >= 0.6 is 0 Å². The van der Waals surface area contributed by atoms with Crippen LogP contribution in [0.1, 0.15) is 5.56 Å². The van der Waals surface area contributed by atoms with Crippen molar-refractivity contribution in [3.05, 3.63) is 84.4 Å². The Morgan fingerprint density at radius 2 is 1.38 bits per heavy atom. The van der Waals surface area contributed by atoms with Crippen molar-refractivity contribution in [2.45, 2.75) is 11.8 Å². The number of azo groups is 2. The molecule has 0 aliphatic rings. The first-order valence-corrected chi connectivity index (χ1v) is 11.4. The summed E-state index contributed by atoms with van der Waals surface area (Å²) in [6.45, 7) is 1.93. The van der Waals surface area contributed by atoms with Crippen molar-refractivity contribution in [1.29, 1.82) is 0 Å². The van der Waals surface area contributed by atoms with Gasteiger partial charge in [0.2, 0.25) is 0 Å². The van der Waals surface area contributed by atoms with Crippen LogP contribution in [0.5, 0.6) is 5.75 Å². The number of ether oxygens (including phenoxy) is 1. The fourth-order valence-corrected chi connectivity index (χ4v) is 3.73. The molecule has 0 aliphatic carbocycles. The maximum atomic E-state index is 11.7. The number of nitrogens with zero attached hydrogens (tertiary/aromatic N) is 4. The Labute approximate surface area is 219 Å². The molecule has 0 spiro atoms. The summed E-state index contributed by atoms with van der Waals surface area (Å²) in [5.41, 5.74) is 3.11. The van der Waals surface area contributed by atoms with Crippen molar-refractivity contribution in [3.63, 3.8) is 0 Å². The molecule has 0 atom stereocenters. The third-order valence-electron chi connectivity index (χ3n) is 4.87. The quantitative estimate of drug-likeness (QED) is 0.189. The number of benzene rings is 4. The maximum absolute atomic E-state index is 11.7. The van der Waals surface area contributed by atoms with E-state index in [0.717, 1.165) is 5.56 Å². The Morgan fingerprint density at radius 3 is 2.06 bits per heavy atom. The van der Waals surface area contributed by atoms with Crippen molar-refractivity contribution >= 4 is 73.2 Å². The number of methoxy groups -OCH3 is 1. The van der Waals surface area contributed by atoms with Crippen LogP contribution in [-0.4, -0.2) is 49.6 Å². The summed E-state index contributed by atoms with van der Waals surface area (Å²) in [7, 11) is -2.86. The van der Waals surface area contributed by atoms with Gasteiger partial charge in [-0.1, -0.05) is 30.3 Å². The summed E-state index contributed by atoms with van der Waals surface area (Å²) in [5, 5.41) is 18.3. The molecule has 0 bridgehead atoms. The molecule has 4 rings (SSSR count). The minimum atomic E-state index is -4.41. The van der Waals surface area contributed by atoms with Crippen LogP contribution in [0.2, 0.25) is 0 Å². The SMILES string of the molecule is COc1ccc(C)cc1N=Nc1ccc(N=Nc2ccccc2)c2ccc(S(=O)(=O)O)cc12.[NaH]. The number of aryl methyl sites for hydroxylation is 1. The average Bonchev–Trinajstić information content (AvgIpc) is 2.81. The van der Waals surface area contributed by atoms with Crippen LogP contribution < -0.4 is 4.74 Å². The molecule has 0 radical (unpaired) electrons. The molecule has 10 heteroatoms. The van der Waals surface area contributed by atoms with Gasteiger partial charge in [0, 0.05) is 10.8 Å². The third-order valence-corrected chi connectivity index (χ3v) is 5.72. The molecule has 0 amide bonds. The van der Waals surface area contributed by atoms with Gasteiger partial charge in [-0.25, -0.2) is 0 Å². The first kappa shape index (κ1) is 25.7. The molecule has 0 aromatic heterocycles.